The Morgan fingerprint density at radius 3 is 2.09 bits per heavy atom. The van der Waals surface area contributed by atoms with Crippen molar-refractivity contribution in [2.45, 2.75) is 18.7 Å². The van der Waals surface area contributed by atoms with Crippen LogP contribution in [0.15, 0.2) is 71.6 Å². The van der Waals surface area contributed by atoms with Crippen molar-refractivity contribution in [2.75, 3.05) is 30.4 Å². The summed E-state index contributed by atoms with van der Waals surface area (Å²) in [7, 11) is -1.38. The normalized spacial score (nSPS) is 10.9. The van der Waals surface area contributed by atoms with Crippen LogP contribution < -0.4 is 14.4 Å². The molecule has 0 atom stereocenters. The van der Waals surface area contributed by atoms with Crippen molar-refractivity contribution in [3.8, 4) is 5.75 Å². The Labute approximate surface area is 199 Å². The molecule has 178 valence electrons. The lowest BCUT2D eigenvalue weighted by molar-refractivity contribution is -0.114. The smallest absolute Gasteiger partial charge is 0.337 e. The first kappa shape index (κ1) is 24.8. The number of nitrogens with zero attached hydrogens (tertiary/aromatic N) is 1. The quantitative estimate of drug-likeness (QED) is 0.488. The summed E-state index contributed by atoms with van der Waals surface area (Å²) in [6.45, 7) is 3.19. The standard InChI is InChI=1S/C25H26N2O6S/c1-17-5-12-21(13-6-17)34(30,31)27(22-15-18(2)7-14-23(22)32-3)16-24(28)26-20-10-8-19(9-11-20)25(29)33-4/h5-15H,16H2,1-4H3,(H,26,28). The van der Waals surface area contributed by atoms with E-state index >= 15 is 0 Å². The molecule has 34 heavy (non-hydrogen) atoms. The number of esters is 1. The van der Waals surface area contributed by atoms with Gasteiger partial charge in [-0.3, -0.25) is 9.10 Å². The molecular weight excluding hydrogens is 456 g/mol. The third-order valence-electron chi connectivity index (χ3n) is 5.09. The average molecular weight is 483 g/mol. The van der Waals surface area contributed by atoms with Crippen LogP contribution in [0.5, 0.6) is 5.75 Å². The number of benzene rings is 3. The summed E-state index contributed by atoms with van der Waals surface area (Å²) in [5.74, 6) is -0.749. The first-order valence-corrected chi connectivity index (χ1v) is 11.8. The van der Waals surface area contributed by atoms with Crippen LogP contribution in [0.3, 0.4) is 0 Å². The second-order valence-corrected chi connectivity index (χ2v) is 9.48. The van der Waals surface area contributed by atoms with Gasteiger partial charge in [-0.1, -0.05) is 23.8 Å². The highest BCUT2D eigenvalue weighted by Crippen LogP contribution is 2.33. The van der Waals surface area contributed by atoms with Crippen LogP contribution in [-0.4, -0.2) is 41.1 Å². The summed E-state index contributed by atoms with van der Waals surface area (Å²) in [5, 5.41) is 2.67. The topological polar surface area (TPSA) is 102 Å². The minimum absolute atomic E-state index is 0.0527. The zero-order chi connectivity index (χ0) is 24.9. The maximum Gasteiger partial charge on any atom is 0.337 e. The zero-order valence-corrected chi connectivity index (χ0v) is 20.2. The minimum Gasteiger partial charge on any atom is -0.495 e. The molecule has 0 fully saturated rings. The highest BCUT2D eigenvalue weighted by atomic mass is 32.2. The lowest BCUT2D eigenvalue weighted by Crippen LogP contribution is -2.38. The Hall–Kier alpha value is -3.85. The van der Waals surface area contributed by atoms with Gasteiger partial charge >= 0.3 is 5.97 Å². The number of ether oxygens (including phenoxy) is 2. The van der Waals surface area contributed by atoms with E-state index < -0.39 is 28.4 Å². The van der Waals surface area contributed by atoms with Crippen LogP contribution in [0, 0.1) is 13.8 Å². The number of sulfonamides is 1. The van der Waals surface area contributed by atoms with Crippen LogP contribution in [0.1, 0.15) is 21.5 Å². The number of hydrogen-bond acceptors (Lipinski definition) is 6. The van der Waals surface area contributed by atoms with Crippen molar-refractivity contribution in [2.24, 2.45) is 0 Å². The summed E-state index contributed by atoms with van der Waals surface area (Å²) in [6.07, 6.45) is 0. The summed E-state index contributed by atoms with van der Waals surface area (Å²) < 4.78 is 38.3. The first-order valence-electron chi connectivity index (χ1n) is 10.4. The molecule has 1 amide bonds. The number of hydrogen-bond donors (Lipinski definition) is 1. The SMILES string of the molecule is COC(=O)c1ccc(NC(=O)CN(c2cc(C)ccc2OC)S(=O)(=O)c2ccc(C)cc2)cc1. The van der Waals surface area contributed by atoms with E-state index in [1.54, 1.807) is 30.3 Å². The molecule has 0 aliphatic heterocycles. The predicted molar refractivity (Wildman–Crippen MR) is 130 cm³/mol. The maximum absolute atomic E-state index is 13.6. The fraction of sp³-hybridized carbons (Fsp3) is 0.200. The Morgan fingerprint density at radius 2 is 1.50 bits per heavy atom. The van der Waals surface area contributed by atoms with Crippen molar-refractivity contribution >= 4 is 33.3 Å². The number of anilines is 2. The van der Waals surface area contributed by atoms with Gasteiger partial charge in [-0.25, -0.2) is 13.2 Å². The molecule has 0 aliphatic carbocycles. The van der Waals surface area contributed by atoms with Gasteiger partial charge in [-0.2, -0.15) is 0 Å². The molecule has 8 nitrogen and oxygen atoms in total. The summed E-state index contributed by atoms with van der Waals surface area (Å²) in [4.78, 5) is 24.6. The van der Waals surface area contributed by atoms with E-state index in [0.717, 1.165) is 15.4 Å². The van der Waals surface area contributed by atoms with Crippen molar-refractivity contribution in [1.29, 1.82) is 0 Å². The average Bonchev–Trinajstić information content (AvgIpc) is 2.82. The number of amides is 1. The Morgan fingerprint density at radius 1 is 0.882 bits per heavy atom. The maximum atomic E-state index is 13.6. The van der Waals surface area contributed by atoms with Crippen LogP contribution in [0.2, 0.25) is 0 Å². The Balaban J connectivity index is 1.96. The molecule has 0 spiro atoms. The van der Waals surface area contributed by atoms with E-state index in [2.05, 4.69) is 10.1 Å². The Bertz CT molecular complexity index is 1290. The van der Waals surface area contributed by atoms with Gasteiger partial charge in [0.25, 0.3) is 10.0 Å². The van der Waals surface area contributed by atoms with Crippen LogP contribution >= 0.6 is 0 Å². The molecule has 0 radical (unpaired) electrons. The monoisotopic (exact) mass is 482 g/mol. The van der Waals surface area contributed by atoms with Gasteiger partial charge in [-0.15, -0.1) is 0 Å². The molecule has 3 aromatic rings. The van der Waals surface area contributed by atoms with Crippen molar-refractivity contribution < 1.29 is 27.5 Å². The van der Waals surface area contributed by atoms with E-state index in [-0.39, 0.29) is 10.6 Å². The number of carbonyl (C=O) groups excluding carboxylic acids is 2. The van der Waals surface area contributed by atoms with Gasteiger partial charge in [0.1, 0.15) is 12.3 Å². The van der Waals surface area contributed by atoms with Gasteiger partial charge in [0.2, 0.25) is 5.91 Å². The lowest BCUT2D eigenvalue weighted by atomic mass is 10.2. The molecule has 0 bridgehead atoms. The molecule has 0 saturated heterocycles. The molecule has 3 rings (SSSR count). The van der Waals surface area contributed by atoms with Gasteiger partial charge in [-0.05, 0) is 67.9 Å². The first-order chi connectivity index (χ1) is 16.1. The number of methoxy groups -OCH3 is 2. The molecule has 0 aliphatic rings. The number of carbonyl (C=O) groups is 2. The molecule has 1 N–H and O–H groups in total. The third-order valence-corrected chi connectivity index (χ3v) is 6.86. The van der Waals surface area contributed by atoms with Gasteiger partial charge in [0.15, 0.2) is 0 Å². The van der Waals surface area contributed by atoms with E-state index in [0.29, 0.717) is 17.0 Å². The summed E-state index contributed by atoms with van der Waals surface area (Å²) in [6, 6.07) is 17.6. The van der Waals surface area contributed by atoms with Crippen molar-refractivity contribution in [1.82, 2.24) is 0 Å². The van der Waals surface area contributed by atoms with Crippen LogP contribution in [0.25, 0.3) is 0 Å². The molecule has 0 heterocycles. The molecule has 0 unspecified atom stereocenters. The summed E-state index contributed by atoms with van der Waals surface area (Å²) in [5.41, 5.74) is 2.69. The van der Waals surface area contributed by atoms with Crippen LogP contribution in [0.4, 0.5) is 11.4 Å². The van der Waals surface area contributed by atoms with E-state index in [4.69, 9.17) is 4.74 Å². The number of aryl methyl sites for hydroxylation is 2. The fourth-order valence-corrected chi connectivity index (χ4v) is 4.69. The molecule has 3 aromatic carbocycles. The van der Waals surface area contributed by atoms with E-state index in [1.165, 1.54) is 50.6 Å². The number of rotatable bonds is 8. The fourth-order valence-electron chi connectivity index (χ4n) is 3.27. The van der Waals surface area contributed by atoms with Gasteiger partial charge in [0.05, 0.1) is 30.4 Å². The van der Waals surface area contributed by atoms with Gasteiger partial charge < -0.3 is 14.8 Å². The number of nitrogens with one attached hydrogen (secondary N) is 1. The summed E-state index contributed by atoms with van der Waals surface area (Å²) >= 11 is 0. The predicted octanol–water partition coefficient (Wildman–Crippen LogP) is 3.93. The Kier molecular flexibility index (Phi) is 7.57. The second-order valence-electron chi connectivity index (χ2n) is 7.62. The minimum atomic E-state index is -4.10. The van der Waals surface area contributed by atoms with Crippen molar-refractivity contribution in [3.05, 3.63) is 83.4 Å². The largest absolute Gasteiger partial charge is 0.495 e. The molecule has 0 saturated carbocycles. The lowest BCUT2D eigenvalue weighted by Gasteiger charge is -2.26. The highest BCUT2D eigenvalue weighted by Gasteiger charge is 2.29. The molecule has 9 heteroatoms. The van der Waals surface area contributed by atoms with E-state index in [9.17, 15) is 18.0 Å². The van der Waals surface area contributed by atoms with E-state index in [1.807, 2.05) is 13.8 Å². The third kappa shape index (κ3) is 5.55. The van der Waals surface area contributed by atoms with Crippen LogP contribution in [-0.2, 0) is 19.6 Å². The molecule has 0 aromatic heterocycles. The second kappa shape index (κ2) is 10.4. The van der Waals surface area contributed by atoms with Crippen molar-refractivity contribution in [3.63, 3.8) is 0 Å². The highest BCUT2D eigenvalue weighted by molar-refractivity contribution is 7.92. The molecular formula is C25H26N2O6S. The zero-order valence-electron chi connectivity index (χ0n) is 19.4. The van der Waals surface area contributed by atoms with Gasteiger partial charge in [0, 0.05) is 5.69 Å².